The number of rotatable bonds is 7. The van der Waals surface area contributed by atoms with Gasteiger partial charge in [-0.1, -0.05) is 0 Å². The number of hydrogen-bond donors (Lipinski definition) is 1. The van der Waals surface area contributed by atoms with Gasteiger partial charge >= 0.3 is 0 Å². The lowest BCUT2D eigenvalue weighted by Gasteiger charge is -2.25. The Labute approximate surface area is 138 Å². The fraction of sp³-hybridized carbons (Fsp3) is 0.750. The Morgan fingerprint density at radius 3 is 2.68 bits per heavy atom. The molecule has 124 valence electrons. The summed E-state index contributed by atoms with van der Waals surface area (Å²) in [4.78, 5) is 13.9. The first-order chi connectivity index (χ1) is 10.5. The highest BCUT2D eigenvalue weighted by atomic mass is 32.1. The summed E-state index contributed by atoms with van der Waals surface area (Å²) < 4.78 is 0. The number of aryl methyl sites for hydroxylation is 1. The van der Waals surface area contributed by atoms with Gasteiger partial charge in [-0.05, 0) is 46.7 Å². The van der Waals surface area contributed by atoms with E-state index in [1.165, 1.54) is 12.8 Å². The highest BCUT2D eigenvalue weighted by molar-refractivity contribution is 7.09. The molecule has 0 aromatic carbocycles. The number of nitrogens with zero attached hydrogens (tertiary/aromatic N) is 4. The van der Waals surface area contributed by atoms with Crippen LogP contribution >= 0.6 is 11.3 Å². The van der Waals surface area contributed by atoms with Gasteiger partial charge in [0.2, 0.25) is 0 Å². The molecular formula is C16H29N5S. The van der Waals surface area contributed by atoms with Crippen LogP contribution in [0.15, 0.2) is 10.4 Å². The van der Waals surface area contributed by atoms with Crippen molar-refractivity contribution < 1.29 is 0 Å². The van der Waals surface area contributed by atoms with Gasteiger partial charge in [-0.15, -0.1) is 11.3 Å². The highest BCUT2D eigenvalue weighted by Crippen LogP contribution is 2.34. The molecule has 0 aliphatic heterocycles. The standard InChI is InChI=1S/C16H29N5S/c1-6-17-16(18-9-15(20(3)4)13-7-8-13)21(5)10-14-11-22-12(2)19-14/h11,13,15H,6-10H2,1-5H3,(H,17,18). The fourth-order valence-electron chi connectivity index (χ4n) is 2.66. The number of aliphatic imine (C=N–C) groups is 1. The minimum absolute atomic E-state index is 0.559. The molecule has 22 heavy (non-hydrogen) atoms. The lowest BCUT2D eigenvalue weighted by Crippen LogP contribution is -2.40. The molecule has 0 saturated heterocycles. The van der Waals surface area contributed by atoms with Crippen LogP contribution in [0.3, 0.4) is 0 Å². The zero-order chi connectivity index (χ0) is 16.1. The monoisotopic (exact) mass is 323 g/mol. The van der Waals surface area contributed by atoms with Crippen LogP contribution in [-0.2, 0) is 6.54 Å². The SMILES string of the molecule is CCNC(=NCC(C1CC1)N(C)C)N(C)Cc1csc(C)n1. The molecule has 1 aromatic heterocycles. The van der Waals surface area contributed by atoms with Crippen molar-refractivity contribution in [2.45, 2.75) is 39.3 Å². The fourth-order valence-corrected chi connectivity index (χ4v) is 3.27. The van der Waals surface area contributed by atoms with Crippen LogP contribution in [0.5, 0.6) is 0 Å². The summed E-state index contributed by atoms with van der Waals surface area (Å²) in [6.45, 7) is 6.70. The average molecular weight is 324 g/mol. The number of thiazole rings is 1. The second-order valence-corrected chi connectivity index (χ2v) is 7.34. The van der Waals surface area contributed by atoms with Gasteiger partial charge in [0.1, 0.15) is 0 Å². The van der Waals surface area contributed by atoms with Crippen molar-refractivity contribution in [3.8, 4) is 0 Å². The van der Waals surface area contributed by atoms with Gasteiger partial charge in [-0.3, -0.25) is 4.99 Å². The minimum Gasteiger partial charge on any atom is -0.357 e. The Balaban J connectivity index is 1.98. The molecule has 6 heteroatoms. The van der Waals surface area contributed by atoms with Crippen LogP contribution < -0.4 is 5.32 Å². The molecule has 0 spiro atoms. The van der Waals surface area contributed by atoms with Crippen molar-refractivity contribution in [3.63, 3.8) is 0 Å². The summed E-state index contributed by atoms with van der Waals surface area (Å²) in [7, 11) is 6.40. The second kappa shape index (κ2) is 7.92. The normalized spacial score (nSPS) is 16.9. The molecule has 1 fully saturated rings. The van der Waals surface area contributed by atoms with Gasteiger partial charge in [-0.2, -0.15) is 0 Å². The van der Waals surface area contributed by atoms with E-state index in [9.17, 15) is 0 Å². The van der Waals surface area contributed by atoms with E-state index in [2.05, 4.69) is 53.5 Å². The van der Waals surface area contributed by atoms with Crippen molar-refractivity contribution in [2.75, 3.05) is 34.2 Å². The molecule has 1 unspecified atom stereocenters. The third kappa shape index (κ3) is 4.95. The summed E-state index contributed by atoms with van der Waals surface area (Å²) in [5.74, 6) is 1.80. The molecule has 1 aliphatic rings. The van der Waals surface area contributed by atoms with Crippen molar-refractivity contribution in [3.05, 3.63) is 16.1 Å². The lowest BCUT2D eigenvalue weighted by atomic mass is 10.2. The van der Waals surface area contributed by atoms with E-state index in [4.69, 9.17) is 4.99 Å². The molecule has 1 saturated carbocycles. The first-order valence-corrected chi connectivity index (χ1v) is 8.96. The molecule has 0 amide bonds. The van der Waals surface area contributed by atoms with Crippen LogP contribution in [0.25, 0.3) is 0 Å². The van der Waals surface area contributed by atoms with Gasteiger partial charge in [0.25, 0.3) is 0 Å². The molecule has 1 heterocycles. The molecule has 0 bridgehead atoms. The smallest absolute Gasteiger partial charge is 0.194 e. The predicted molar refractivity (Wildman–Crippen MR) is 94.5 cm³/mol. The van der Waals surface area contributed by atoms with Crippen LogP contribution in [0.2, 0.25) is 0 Å². The maximum absolute atomic E-state index is 4.86. The van der Waals surface area contributed by atoms with E-state index >= 15 is 0 Å². The maximum atomic E-state index is 4.86. The van der Waals surface area contributed by atoms with Crippen molar-refractivity contribution in [2.24, 2.45) is 10.9 Å². The number of guanidine groups is 1. The van der Waals surface area contributed by atoms with Crippen LogP contribution in [0, 0.1) is 12.8 Å². The van der Waals surface area contributed by atoms with Gasteiger partial charge in [0, 0.05) is 25.0 Å². The van der Waals surface area contributed by atoms with Gasteiger partial charge < -0.3 is 15.1 Å². The summed E-state index contributed by atoms with van der Waals surface area (Å²) in [6, 6.07) is 0.559. The lowest BCUT2D eigenvalue weighted by molar-refractivity contribution is 0.270. The zero-order valence-corrected chi connectivity index (χ0v) is 15.3. The topological polar surface area (TPSA) is 43.8 Å². The summed E-state index contributed by atoms with van der Waals surface area (Å²) in [6.07, 6.45) is 2.70. The van der Waals surface area contributed by atoms with Gasteiger partial charge in [0.15, 0.2) is 5.96 Å². The van der Waals surface area contributed by atoms with Crippen LogP contribution in [0.1, 0.15) is 30.5 Å². The van der Waals surface area contributed by atoms with E-state index in [0.29, 0.717) is 6.04 Å². The van der Waals surface area contributed by atoms with E-state index in [1.807, 2.05) is 6.92 Å². The van der Waals surface area contributed by atoms with Gasteiger partial charge in [0.05, 0.1) is 23.8 Å². The Hall–Kier alpha value is -1.14. The molecule has 1 aromatic rings. The number of nitrogens with one attached hydrogen (secondary N) is 1. The number of likely N-dealkylation sites (N-methyl/N-ethyl adjacent to an activating group) is 1. The van der Waals surface area contributed by atoms with E-state index in [-0.39, 0.29) is 0 Å². The summed E-state index contributed by atoms with van der Waals surface area (Å²) >= 11 is 1.70. The second-order valence-electron chi connectivity index (χ2n) is 6.28. The molecular weight excluding hydrogens is 294 g/mol. The summed E-state index contributed by atoms with van der Waals surface area (Å²) in [5.41, 5.74) is 1.11. The quantitative estimate of drug-likeness (QED) is 0.617. The maximum Gasteiger partial charge on any atom is 0.194 e. The van der Waals surface area contributed by atoms with E-state index in [0.717, 1.165) is 42.2 Å². The Morgan fingerprint density at radius 2 is 2.18 bits per heavy atom. The Bertz CT molecular complexity index is 490. The first-order valence-electron chi connectivity index (χ1n) is 8.08. The highest BCUT2D eigenvalue weighted by Gasteiger charge is 2.32. The van der Waals surface area contributed by atoms with E-state index < -0.39 is 0 Å². The van der Waals surface area contributed by atoms with Crippen molar-refractivity contribution >= 4 is 17.3 Å². The molecule has 2 rings (SSSR count). The molecule has 5 nitrogen and oxygen atoms in total. The predicted octanol–water partition coefficient (Wildman–Crippen LogP) is 2.19. The molecule has 1 N–H and O–H groups in total. The van der Waals surface area contributed by atoms with E-state index in [1.54, 1.807) is 11.3 Å². The van der Waals surface area contributed by atoms with Crippen LogP contribution in [-0.4, -0.2) is 61.0 Å². The third-order valence-corrected chi connectivity index (χ3v) is 4.84. The first kappa shape index (κ1) is 17.2. The Kier molecular flexibility index (Phi) is 6.20. The van der Waals surface area contributed by atoms with Gasteiger partial charge in [-0.25, -0.2) is 4.98 Å². The van der Waals surface area contributed by atoms with Crippen LogP contribution in [0.4, 0.5) is 0 Å². The number of aromatic nitrogens is 1. The molecule has 1 atom stereocenters. The third-order valence-electron chi connectivity index (χ3n) is 4.02. The molecule has 1 aliphatic carbocycles. The minimum atomic E-state index is 0.559. The average Bonchev–Trinajstić information content (AvgIpc) is 3.21. The molecule has 0 radical (unpaired) electrons. The van der Waals surface area contributed by atoms with Crippen molar-refractivity contribution in [1.82, 2.24) is 20.1 Å². The Morgan fingerprint density at radius 1 is 1.45 bits per heavy atom. The largest absolute Gasteiger partial charge is 0.357 e. The number of hydrogen-bond acceptors (Lipinski definition) is 4. The summed E-state index contributed by atoms with van der Waals surface area (Å²) in [5, 5.41) is 6.64. The zero-order valence-electron chi connectivity index (χ0n) is 14.5. The van der Waals surface area contributed by atoms with Crippen molar-refractivity contribution in [1.29, 1.82) is 0 Å².